The van der Waals surface area contributed by atoms with Crippen molar-refractivity contribution in [2.45, 2.75) is 0 Å². The number of nitrogens with one attached hydrogen (secondary N) is 1. The molecule has 1 N–H and O–H groups in total. The van der Waals surface area contributed by atoms with E-state index in [0.29, 0.717) is 21.8 Å². The van der Waals surface area contributed by atoms with E-state index in [1.807, 2.05) is 47.8 Å². The van der Waals surface area contributed by atoms with Gasteiger partial charge in [0.05, 0.1) is 16.2 Å². The summed E-state index contributed by atoms with van der Waals surface area (Å²) in [7, 11) is 0. The summed E-state index contributed by atoms with van der Waals surface area (Å²) < 4.78 is 5.77. The molecular weight excluding hydrogens is 386 g/mol. The molecule has 0 unspecified atom stereocenters. The van der Waals surface area contributed by atoms with Crippen LogP contribution in [-0.4, -0.2) is 9.91 Å². The maximum absolute atomic E-state index is 10.8. The van der Waals surface area contributed by atoms with Gasteiger partial charge in [-0.15, -0.1) is 11.3 Å². The first-order valence-electron chi connectivity index (χ1n) is 8.81. The van der Waals surface area contributed by atoms with Crippen LogP contribution < -0.4 is 5.55 Å². The van der Waals surface area contributed by atoms with E-state index in [9.17, 15) is 10.1 Å². The summed E-state index contributed by atoms with van der Waals surface area (Å²) in [6, 6.07) is 20.1. The Morgan fingerprint density at radius 2 is 1.79 bits per heavy atom. The Morgan fingerprint density at radius 1 is 1.00 bits per heavy atom. The number of benzene rings is 3. The minimum Gasteiger partial charge on any atom is -0.438 e. The number of nitrogens with zero attached hydrogens (tertiary/aromatic N) is 2. The molecule has 0 amide bonds. The van der Waals surface area contributed by atoms with Crippen molar-refractivity contribution in [3.63, 3.8) is 0 Å². The number of hydrogen-bond donors (Lipinski definition) is 1. The maximum atomic E-state index is 10.8. The standard InChI is InChI=1S/C22H13N3O3S/c23-21-18(11-17-16-4-2-1-3-13(16)7-10-20(17)28-21)22-24-19(12-29-22)14-5-8-15(9-6-14)25(26)27/h1-12,23H. The molecule has 5 aromatic rings. The molecule has 2 heterocycles. The zero-order valence-corrected chi connectivity index (χ0v) is 15.8. The highest BCUT2D eigenvalue weighted by Gasteiger charge is 2.13. The summed E-state index contributed by atoms with van der Waals surface area (Å²) in [5.74, 6) is 0. The smallest absolute Gasteiger partial charge is 0.269 e. The normalized spacial score (nSPS) is 11.2. The van der Waals surface area contributed by atoms with Gasteiger partial charge in [-0.05, 0) is 35.0 Å². The van der Waals surface area contributed by atoms with E-state index in [1.54, 1.807) is 12.1 Å². The van der Waals surface area contributed by atoms with Gasteiger partial charge in [-0.1, -0.05) is 30.3 Å². The second-order valence-corrected chi connectivity index (χ2v) is 7.39. The van der Waals surface area contributed by atoms with Crippen molar-refractivity contribution in [3.05, 3.63) is 87.8 Å². The molecular formula is C22H13N3O3S. The predicted molar refractivity (Wildman–Crippen MR) is 113 cm³/mol. The molecule has 3 aromatic carbocycles. The Kier molecular flexibility index (Phi) is 3.96. The Morgan fingerprint density at radius 3 is 2.59 bits per heavy atom. The molecule has 6 nitrogen and oxygen atoms in total. The first kappa shape index (κ1) is 17.3. The number of nitro groups is 1. The lowest BCUT2D eigenvalue weighted by atomic mass is 10.0. The van der Waals surface area contributed by atoms with Crippen LogP contribution in [-0.2, 0) is 0 Å². The van der Waals surface area contributed by atoms with Gasteiger partial charge in [0.25, 0.3) is 5.69 Å². The van der Waals surface area contributed by atoms with Crippen molar-refractivity contribution in [1.29, 1.82) is 5.41 Å². The molecule has 140 valence electrons. The van der Waals surface area contributed by atoms with Crippen LogP contribution in [0, 0.1) is 15.5 Å². The average Bonchev–Trinajstić information content (AvgIpc) is 3.23. The molecule has 0 fully saturated rings. The minimum absolute atomic E-state index is 0.0397. The van der Waals surface area contributed by atoms with Gasteiger partial charge in [0, 0.05) is 28.5 Å². The second kappa shape index (κ2) is 6.65. The Labute approximate surface area is 168 Å². The van der Waals surface area contributed by atoms with E-state index in [-0.39, 0.29) is 11.2 Å². The van der Waals surface area contributed by atoms with Crippen molar-refractivity contribution >= 4 is 38.8 Å². The molecule has 29 heavy (non-hydrogen) atoms. The molecule has 0 saturated carbocycles. The third-order valence-electron chi connectivity index (χ3n) is 4.78. The van der Waals surface area contributed by atoms with Crippen LogP contribution in [0.2, 0.25) is 0 Å². The lowest BCUT2D eigenvalue weighted by molar-refractivity contribution is -0.384. The van der Waals surface area contributed by atoms with Crippen molar-refractivity contribution in [2.24, 2.45) is 0 Å². The Balaban J connectivity index is 1.62. The highest BCUT2D eigenvalue weighted by Crippen LogP contribution is 2.31. The average molecular weight is 399 g/mol. The molecule has 0 atom stereocenters. The van der Waals surface area contributed by atoms with Crippen molar-refractivity contribution < 1.29 is 9.34 Å². The third-order valence-corrected chi connectivity index (χ3v) is 5.66. The van der Waals surface area contributed by atoms with Gasteiger partial charge in [-0.25, -0.2) is 4.98 Å². The first-order valence-corrected chi connectivity index (χ1v) is 9.69. The number of fused-ring (bicyclic) bond motifs is 3. The van der Waals surface area contributed by atoms with E-state index >= 15 is 0 Å². The monoisotopic (exact) mass is 399 g/mol. The van der Waals surface area contributed by atoms with Crippen LogP contribution in [0.15, 0.2) is 76.5 Å². The van der Waals surface area contributed by atoms with Gasteiger partial charge in [0.15, 0.2) is 0 Å². The molecule has 0 aliphatic rings. The molecule has 5 rings (SSSR count). The van der Waals surface area contributed by atoms with Gasteiger partial charge < -0.3 is 4.42 Å². The summed E-state index contributed by atoms with van der Waals surface area (Å²) in [5.41, 5.74) is 2.86. The van der Waals surface area contributed by atoms with E-state index < -0.39 is 4.92 Å². The van der Waals surface area contributed by atoms with Gasteiger partial charge >= 0.3 is 0 Å². The molecule has 0 spiro atoms. The quantitative estimate of drug-likeness (QED) is 0.237. The van der Waals surface area contributed by atoms with Gasteiger partial charge in [0.1, 0.15) is 10.6 Å². The number of nitro benzene ring substituents is 1. The number of rotatable bonds is 3. The first-order chi connectivity index (χ1) is 14.1. The van der Waals surface area contributed by atoms with Gasteiger partial charge in [-0.2, -0.15) is 0 Å². The van der Waals surface area contributed by atoms with Crippen LogP contribution in [0.1, 0.15) is 0 Å². The molecule has 0 aliphatic carbocycles. The van der Waals surface area contributed by atoms with Crippen LogP contribution in [0.25, 0.3) is 43.6 Å². The van der Waals surface area contributed by atoms with Crippen LogP contribution in [0.4, 0.5) is 5.69 Å². The summed E-state index contributed by atoms with van der Waals surface area (Å²) in [6.07, 6.45) is 0. The summed E-state index contributed by atoms with van der Waals surface area (Å²) in [6.45, 7) is 0. The highest BCUT2D eigenvalue weighted by molar-refractivity contribution is 7.13. The molecule has 0 saturated heterocycles. The molecule has 2 aromatic heterocycles. The second-order valence-electron chi connectivity index (χ2n) is 6.53. The molecule has 0 aliphatic heterocycles. The lowest BCUT2D eigenvalue weighted by Gasteiger charge is -2.05. The SMILES string of the molecule is N=c1oc2ccc3ccccc3c2cc1-c1nc(-c2ccc([N+](=O)[O-])cc2)cs1. The number of thiazole rings is 1. The van der Waals surface area contributed by atoms with E-state index in [4.69, 9.17) is 9.83 Å². The van der Waals surface area contributed by atoms with E-state index in [2.05, 4.69) is 4.98 Å². The zero-order valence-electron chi connectivity index (χ0n) is 15.0. The van der Waals surface area contributed by atoms with Crippen LogP contribution in [0.3, 0.4) is 0 Å². The van der Waals surface area contributed by atoms with Gasteiger partial charge in [-0.3, -0.25) is 15.5 Å². The summed E-state index contributed by atoms with van der Waals surface area (Å²) in [4.78, 5) is 15.1. The van der Waals surface area contributed by atoms with Crippen molar-refractivity contribution in [2.75, 3.05) is 0 Å². The van der Waals surface area contributed by atoms with Crippen LogP contribution in [0.5, 0.6) is 0 Å². The number of aromatic nitrogens is 1. The maximum Gasteiger partial charge on any atom is 0.269 e. The fraction of sp³-hybridized carbons (Fsp3) is 0. The summed E-state index contributed by atoms with van der Waals surface area (Å²) >= 11 is 1.41. The van der Waals surface area contributed by atoms with Crippen LogP contribution >= 0.6 is 11.3 Å². The van der Waals surface area contributed by atoms with E-state index in [1.165, 1.54) is 23.5 Å². The predicted octanol–water partition coefficient (Wildman–Crippen LogP) is 5.76. The fourth-order valence-electron chi connectivity index (χ4n) is 3.33. The van der Waals surface area contributed by atoms with Crippen molar-refractivity contribution in [3.8, 4) is 21.8 Å². The number of non-ortho nitro benzene ring substituents is 1. The van der Waals surface area contributed by atoms with Gasteiger partial charge in [0.2, 0.25) is 5.55 Å². The third kappa shape index (κ3) is 2.97. The molecule has 0 bridgehead atoms. The lowest BCUT2D eigenvalue weighted by Crippen LogP contribution is -2.03. The summed E-state index contributed by atoms with van der Waals surface area (Å²) in [5, 5.41) is 24.8. The van der Waals surface area contributed by atoms with E-state index in [0.717, 1.165) is 21.7 Å². The zero-order chi connectivity index (χ0) is 20.0. The Hall–Kier alpha value is -3.84. The minimum atomic E-state index is -0.427. The largest absolute Gasteiger partial charge is 0.438 e. The highest BCUT2D eigenvalue weighted by atomic mass is 32.1. The topological polar surface area (TPSA) is 93.0 Å². The molecule has 7 heteroatoms. The fourth-order valence-corrected chi connectivity index (χ4v) is 4.17. The van der Waals surface area contributed by atoms with Crippen molar-refractivity contribution in [1.82, 2.24) is 4.98 Å². The number of hydrogen-bond acceptors (Lipinski definition) is 6. The molecule has 0 radical (unpaired) electrons. The Bertz CT molecular complexity index is 1450.